The number of rotatable bonds is 3. The number of benzene rings is 2. The van der Waals surface area contributed by atoms with Crippen molar-refractivity contribution >= 4 is 23.4 Å². The Balaban J connectivity index is 2.49. The summed E-state index contributed by atoms with van der Waals surface area (Å²) in [6.45, 7) is 0. The first-order valence-electron chi connectivity index (χ1n) is 5.32. The van der Waals surface area contributed by atoms with Gasteiger partial charge in [0.25, 0.3) is 0 Å². The van der Waals surface area contributed by atoms with E-state index in [-0.39, 0.29) is 21.7 Å². The number of ketones is 1. The summed E-state index contributed by atoms with van der Waals surface area (Å²) in [5.74, 6) is -2.20. The molecule has 0 aliphatic carbocycles. The molecule has 2 rings (SSSR count). The van der Waals surface area contributed by atoms with Gasteiger partial charge in [-0.25, -0.2) is 9.18 Å². The van der Waals surface area contributed by atoms with Gasteiger partial charge in [0, 0.05) is 16.1 Å². The van der Waals surface area contributed by atoms with E-state index >= 15 is 0 Å². The van der Waals surface area contributed by atoms with Crippen molar-refractivity contribution < 1.29 is 19.1 Å². The number of aromatic carboxylic acids is 1. The predicted octanol–water partition coefficient (Wildman–Crippen LogP) is 3.41. The fourth-order valence-corrected chi connectivity index (χ4v) is 1.82. The zero-order valence-corrected chi connectivity index (χ0v) is 10.3. The number of carbonyl (C=O) groups excluding carboxylic acids is 1. The van der Waals surface area contributed by atoms with Gasteiger partial charge in [-0.2, -0.15) is 0 Å². The highest BCUT2D eigenvalue weighted by Crippen LogP contribution is 2.19. The minimum atomic E-state index is -1.24. The lowest BCUT2D eigenvalue weighted by Crippen LogP contribution is -2.09. The van der Waals surface area contributed by atoms with Crippen LogP contribution in [0.1, 0.15) is 26.3 Å². The normalized spacial score (nSPS) is 10.2. The quantitative estimate of drug-likeness (QED) is 0.876. The van der Waals surface area contributed by atoms with E-state index in [1.54, 1.807) is 0 Å². The van der Waals surface area contributed by atoms with Gasteiger partial charge in [0.2, 0.25) is 0 Å². The molecule has 0 spiro atoms. The standard InChI is InChI=1S/C14H8ClFO3/c15-9-3-6-11(12(7-9)14(18)19)13(17)8-1-4-10(16)5-2-8/h1-7H,(H,18,19). The fourth-order valence-electron chi connectivity index (χ4n) is 1.65. The molecule has 0 heterocycles. The van der Waals surface area contributed by atoms with Gasteiger partial charge in [0.1, 0.15) is 5.82 Å². The summed E-state index contributed by atoms with van der Waals surface area (Å²) >= 11 is 5.71. The molecule has 0 radical (unpaired) electrons. The van der Waals surface area contributed by atoms with Crippen molar-refractivity contribution in [1.82, 2.24) is 0 Å². The van der Waals surface area contributed by atoms with E-state index in [1.165, 1.54) is 30.3 Å². The topological polar surface area (TPSA) is 54.4 Å². The van der Waals surface area contributed by atoms with Crippen LogP contribution in [0.5, 0.6) is 0 Å². The van der Waals surface area contributed by atoms with Crippen LogP contribution < -0.4 is 0 Å². The molecule has 0 aromatic heterocycles. The minimum absolute atomic E-state index is 0.0171. The second kappa shape index (κ2) is 5.20. The van der Waals surface area contributed by atoms with Gasteiger partial charge in [-0.05, 0) is 42.5 Å². The molecule has 2 aromatic rings. The van der Waals surface area contributed by atoms with Crippen molar-refractivity contribution in [2.24, 2.45) is 0 Å². The third kappa shape index (κ3) is 2.80. The summed E-state index contributed by atoms with van der Waals surface area (Å²) in [5, 5.41) is 9.29. The Morgan fingerprint density at radius 1 is 1.00 bits per heavy atom. The Bertz CT molecular complexity index is 650. The lowest BCUT2D eigenvalue weighted by Gasteiger charge is -2.06. The van der Waals surface area contributed by atoms with E-state index < -0.39 is 17.6 Å². The molecule has 0 fully saturated rings. The summed E-state index contributed by atoms with van der Waals surface area (Å²) in [7, 11) is 0. The van der Waals surface area contributed by atoms with Gasteiger partial charge in [-0.1, -0.05) is 11.6 Å². The molecule has 3 nitrogen and oxygen atoms in total. The minimum Gasteiger partial charge on any atom is -0.478 e. The predicted molar refractivity (Wildman–Crippen MR) is 68.2 cm³/mol. The molecule has 0 bridgehead atoms. The maximum Gasteiger partial charge on any atom is 0.336 e. The molecule has 2 aromatic carbocycles. The Labute approximate surface area is 113 Å². The number of carbonyl (C=O) groups is 2. The third-order valence-electron chi connectivity index (χ3n) is 2.56. The maximum atomic E-state index is 12.8. The molecule has 0 atom stereocenters. The van der Waals surface area contributed by atoms with E-state index in [0.29, 0.717) is 0 Å². The molecule has 0 unspecified atom stereocenters. The number of hydrogen-bond acceptors (Lipinski definition) is 2. The molecule has 96 valence electrons. The summed E-state index contributed by atoms with van der Waals surface area (Å²) < 4.78 is 12.8. The summed E-state index contributed by atoms with van der Waals surface area (Å²) in [4.78, 5) is 23.3. The Hall–Kier alpha value is -2.20. The van der Waals surface area contributed by atoms with Gasteiger partial charge >= 0.3 is 5.97 Å². The lowest BCUT2D eigenvalue weighted by molar-refractivity contribution is 0.0693. The van der Waals surface area contributed by atoms with Crippen molar-refractivity contribution in [3.8, 4) is 0 Å². The molecule has 1 N–H and O–H groups in total. The van der Waals surface area contributed by atoms with Gasteiger partial charge in [-0.3, -0.25) is 4.79 Å². The first-order chi connectivity index (χ1) is 8.99. The lowest BCUT2D eigenvalue weighted by atomic mass is 9.98. The Morgan fingerprint density at radius 3 is 2.21 bits per heavy atom. The Kier molecular flexibility index (Phi) is 3.62. The SMILES string of the molecule is O=C(O)c1cc(Cl)ccc1C(=O)c1ccc(F)cc1. The van der Waals surface area contributed by atoms with Crippen LogP contribution in [-0.4, -0.2) is 16.9 Å². The van der Waals surface area contributed by atoms with E-state index in [4.69, 9.17) is 16.7 Å². The Morgan fingerprint density at radius 2 is 1.63 bits per heavy atom. The number of carboxylic acids is 1. The smallest absolute Gasteiger partial charge is 0.336 e. The van der Waals surface area contributed by atoms with E-state index in [0.717, 1.165) is 12.1 Å². The van der Waals surface area contributed by atoms with E-state index in [1.807, 2.05) is 0 Å². The number of hydrogen-bond donors (Lipinski definition) is 1. The molecule has 0 saturated carbocycles. The third-order valence-corrected chi connectivity index (χ3v) is 2.80. The molecule has 0 aliphatic rings. The van der Waals surface area contributed by atoms with E-state index in [2.05, 4.69) is 0 Å². The molecular formula is C14H8ClFO3. The molecule has 0 saturated heterocycles. The monoisotopic (exact) mass is 278 g/mol. The average Bonchev–Trinajstić information content (AvgIpc) is 2.38. The number of halogens is 2. The van der Waals surface area contributed by atoms with Crippen molar-refractivity contribution in [2.75, 3.05) is 0 Å². The van der Waals surface area contributed by atoms with Gasteiger partial charge in [0.05, 0.1) is 5.56 Å². The first-order valence-corrected chi connectivity index (χ1v) is 5.70. The molecule has 0 amide bonds. The van der Waals surface area contributed by atoms with Gasteiger partial charge in [-0.15, -0.1) is 0 Å². The van der Waals surface area contributed by atoms with Crippen LogP contribution in [0.4, 0.5) is 4.39 Å². The molecule has 0 aliphatic heterocycles. The largest absolute Gasteiger partial charge is 0.478 e. The van der Waals surface area contributed by atoms with Gasteiger partial charge < -0.3 is 5.11 Å². The second-order valence-electron chi connectivity index (χ2n) is 3.83. The van der Waals surface area contributed by atoms with Crippen LogP contribution in [0.25, 0.3) is 0 Å². The number of carboxylic acid groups (broad SMARTS) is 1. The highest BCUT2D eigenvalue weighted by Gasteiger charge is 2.18. The summed E-state index contributed by atoms with van der Waals surface area (Å²) in [6.07, 6.45) is 0. The zero-order chi connectivity index (χ0) is 14.0. The fraction of sp³-hybridized carbons (Fsp3) is 0. The van der Waals surface area contributed by atoms with Crippen LogP contribution in [0.3, 0.4) is 0 Å². The van der Waals surface area contributed by atoms with Crippen LogP contribution in [0.15, 0.2) is 42.5 Å². The van der Waals surface area contributed by atoms with Crippen molar-refractivity contribution in [3.05, 3.63) is 70.0 Å². The van der Waals surface area contributed by atoms with Crippen molar-refractivity contribution in [3.63, 3.8) is 0 Å². The van der Waals surface area contributed by atoms with Crippen LogP contribution in [0.2, 0.25) is 5.02 Å². The van der Waals surface area contributed by atoms with Gasteiger partial charge in [0.15, 0.2) is 5.78 Å². The zero-order valence-electron chi connectivity index (χ0n) is 9.56. The average molecular weight is 279 g/mol. The van der Waals surface area contributed by atoms with Crippen molar-refractivity contribution in [1.29, 1.82) is 0 Å². The van der Waals surface area contributed by atoms with Crippen LogP contribution in [0, 0.1) is 5.82 Å². The molecule has 5 heteroatoms. The van der Waals surface area contributed by atoms with Crippen molar-refractivity contribution in [2.45, 2.75) is 0 Å². The second-order valence-corrected chi connectivity index (χ2v) is 4.27. The summed E-state index contributed by atoms with van der Waals surface area (Å²) in [6, 6.07) is 8.88. The molecular weight excluding hydrogens is 271 g/mol. The summed E-state index contributed by atoms with van der Waals surface area (Å²) in [5.41, 5.74) is 0.0524. The maximum absolute atomic E-state index is 12.8. The van der Waals surface area contributed by atoms with Crippen LogP contribution >= 0.6 is 11.6 Å². The highest BCUT2D eigenvalue weighted by molar-refractivity contribution is 6.31. The van der Waals surface area contributed by atoms with Crippen LogP contribution in [-0.2, 0) is 0 Å². The van der Waals surface area contributed by atoms with E-state index in [9.17, 15) is 14.0 Å². The highest BCUT2D eigenvalue weighted by atomic mass is 35.5. The first kappa shape index (κ1) is 13.2. The molecule has 19 heavy (non-hydrogen) atoms.